The van der Waals surface area contributed by atoms with Gasteiger partial charge in [0.25, 0.3) is 0 Å². The van der Waals surface area contributed by atoms with Crippen LogP contribution in [-0.4, -0.2) is 24.1 Å². The molecule has 0 aliphatic rings. The van der Waals surface area contributed by atoms with E-state index in [1.807, 2.05) is 78.9 Å². The van der Waals surface area contributed by atoms with E-state index in [9.17, 15) is 15.8 Å². The molecule has 0 aliphatic heterocycles. The van der Waals surface area contributed by atoms with E-state index in [-0.39, 0.29) is 0 Å². The van der Waals surface area contributed by atoms with Crippen molar-refractivity contribution in [2.75, 3.05) is 0 Å². The Bertz CT molecular complexity index is 3070. The van der Waals surface area contributed by atoms with Crippen molar-refractivity contribution in [1.82, 2.24) is 24.1 Å². The van der Waals surface area contributed by atoms with Gasteiger partial charge >= 0.3 is 0 Å². The minimum absolute atomic E-state index is 0.350. The lowest BCUT2D eigenvalue weighted by Crippen LogP contribution is -2.03. The zero-order valence-corrected chi connectivity index (χ0v) is 29.6. The van der Waals surface area contributed by atoms with E-state index in [0.717, 1.165) is 55.0 Å². The number of nitrogens with zero attached hydrogens (tertiary/aromatic N) is 8. The first-order valence-corrected chi connectivity index (χ1v) is 18.0. The summed E-state index contributed by atoms with van der Waals surface area (Å²) in [5, 5.41) is 35.2. The van der Waals surface area contributed by atoms with Crippen LogP contribution in [0.3, 0.4) is 0 Å². The molecular weight excluding hydrogens is 689 g/mol. The van der Waals surface area contributed by atoms with Gasteiger partial charge in [-0.2, -0.15) is 15.8 Å². The van der Waals surface area contributed by atoms with Crippen molar-refractivity contribution in [2.24, 2.45) is 0 Å². The lowest BCUT2D eigenvalue weighted by atomic mass is 10.1. The topological polar surface area (TPSA) is 120 Å². The van der Waals surface area contributed by atoms with E-state index >= 15 is 0 Å². The summed E-state index contributed by atoms with van der Waals surface area (Å²) < 4.78 is 4.24. The summed E-state index contributed by atoms with van der Waals surface area (Å²) in [7, 11) is 0. The molecule has 0 atom stereocenters. The molecule has 0 spiro atoms. The second kappa shape index (κ2) is 12.9. The maximum Gasteiger partial charge on any atom is 0.164 e. The van der Waals surface area contributed by atoms with Gasteiger partial charge in [0.05, 0.1) is 56.2 Å². The summed E-state index contributed by atoms with van der Waals surface area (Å²) >= 11 is 0. The van der Waals surface area contributed by atoms with Crippen molar-refractivity contribution in [3.8, 4) is 63.7 Å². The summed E-state index contributed by atoms with van der Waals surface area (Å²) in [6.45, 7) is 0. The van der Waals surface area contributed by atoms with Gasteiger partial charge in [0, 0.05) is 38.2 Å². The number of hydrogen-bond donors (Lipinski definition) is 0. The molecule has 0 N–H and O–H groups in total. The molecule has 7 aromatic carbocycles. The fourth-order valence-electron chi connectivity index (χ4n) is 7.77. The summed E-state index contributed by atoms with van der Waals surface area (Å²) in [6, 6.07) is 58.2. The van der Waals surface area contributed by atoms with E-state index in [1.165, 1.54) is 0 Å². The number of aromatic nitrogens is 5. The van der Waals surface area contributed by atoms with Gasteiger partial charge in [0.2, 0.25) is 0 Å². The van der Waals surface area contributed by atoms with Crippen LogP contribution in [0.5, 0.6) is 0 Å². The first kappa shape index (κ1) is 32.3. The summed E-state index contributed by atoms with van der Waals surface area (Å²) in [5.74, 6) is 1.06. The largest absolute Gasteiger partial charge is 0.308 e. The number of benzene rings is 7. The first-order chi connectivity index (χ1) is 27.6. The standard InChI is InChI=1S/C48H26N8/c49-27-30-10-9-11-31(24-30)46-52-47(32-20-22-40(34(25-32)28-50)55-42-16-5-1-12-36(42)37-13-2-6-17-43(37)55)54-48(53-46)33-21-23-41(35(26-33)29-51)56-44-18-7-3-14-38(44)39-15-4-8-19-45(39)56/h1-26H. The molecule has 56 heavy (non-hydrogen) atoms. The van der Waals surface area contributed by atoms with Crippen LogP contribution in [0.1, 0.15) is 16.7 Å². The van der Waals surface area contributed by atoms with Crippen molar-refractivity contribution >= 4 is 43.6 Å². The Kier molecular flexibility index (Phi) is 7.46. The molecule has 0 amide bonds. The molecule has 0 radical (unpaired) electrons. The molecule has 10 aromatic rings. The lowest BCUT2D eigenvalue weighted by Gasteiger charge is -2.13. The van der Waals surface area contributed by atoms with Crippen LogP contribution >= 0.6 is 0 Å². The Hall–Kier alpha value is -8.38. The Morgan fingerprint density at radius 2 is 0.732 bits per heavy atom. The van der Waals surface area contributed by atoms with Gasteiger partial charge in [-0.1, -0.05) is 84.9 Å². The summed E-state index contributed by atoms with van der Waals surface area (Å²) in [6.07, 6.45) is 0. The third-order valence-corrected chi connectivity index (χ3v) is 10.3. The molecule has 0 bridgehead atoms. The number of hydrogen-bond acceptors (Lipinski definition) is 6. The molecule has 258 valence electrons. The fourth-order valence-corrected chi connectivity index (χ4v) is 7.77. The highest BCUT2D eigenvalue weighted by Gasteiger charge is 2.20. The van der Waals surface area contributed by atoms with E-state index in [0.29, 0.717) is 50.9 Å². The molecule has 0 unspecified atom stereocenters. The Balaban J connectivity index is 1.15. The minimum Gasteiger partial charge on any atom is -0.308 e. The van der Waals surface area contributed by atoms with Crippen molar-refractivity contribution in [3.05, 3.63) is 174 Å². The number of fused-ring (bicyclic) bond motifs is 6. The van der Waals surface area contributed by atoms with Gasteiger partial charge in [-0.3, -0.25) is 0 Å². The van der Waals surface area contributed by atoms with Crippen LogP contribution in [0.15, 0.2) is 158 Å². The average molecular weight is 715 g/mol. The fraction of sp³-hybridized carbons (Fsp3) is 0. The molecule has 3 heterocycles. The highest BCUT2D eigenvalue weighted by atomic mass is 15.0. The van der Waals surface area contributed by atoms with Gasteiger partial charge in [0.1, 0.15) is 12.1 Å². The smallest absolute Gasteiger partial charge is 0.164 e. The van der Waals surface area contributed by atoms with Gasteiger partial charge in [0.15, 0.2) is 17.5 Å². The quantitative estimate of drug-likeness (QED) is 0.175. The van der Waals surface area contributed by atoms with Crippen LogP contribution in [0, 0.1) is 34.0 Å². The summed E-state index contributed by atoms with van der Waals surface area (Å²) in [5.41, 5.74) is 8.72. The minimum atomic E-state index is 0.350. The predicted octanol–water partition coefficient (Wildman–Crippen LogP) is 10.7. The molecule has 0 aliphatic carbocycles. The van der Waals surface area contributed by atoms with E-state index in [2.05, 4.69) is 75.9 Å². The molecule has 8 nitrogen and oxygen atoms in total. The maximum atomic E-state index is 10.6. The molecule has 10 rings (SSSR count). The van der Waals surface area contributed by atoms with Crippen LogP contribution in [-0.2, 0) is 0 Å². The second-order valence-corrected chi connectivity index (χ2v) is 13.4. The van der Waals surface area contributed by atoms with E-state index in [4.69, 9.17) is 15.0 Å². The maximum absolute atomic E-state index is 10.6. The average Bonchev–Trinajstić information content (AvgIpc) is 3.78. The van der Waals surface area contributed by atoms with Crippen molar-refractivity contribution in [3.63, 3.8) is 0 Å². The normalized spacial score (nSPS) is 11.2. The van der Waals surface area contributed by atoms with Gasteiger partial charge in [-0.25, -0.2) is 15.0 Å². The van der Waals surface area contributed by atoms with Crippen LogP contribution in [0.25, 0.3) is 89.2 Å². The SMILES string of the molecule is N#Cc1cccc(-c2nc(-c3ccc(-n4c5ccccc5c5ccccc54)c(C#N)c3)nc(-c3ccc(-n4c5ccccc5c5ccccc54)c(C#N)c3)n2)c1. The van der Waals surface area contributed by atoms with Gasteiger partial charge in [-0.15, -0.1) is 0 Å². The van der Waals surface area contributed by atoms with Crippen molar-refractivity contribution in [2.45, 2.75) is 0 Å². The molecule has 8 heteroatoms. The van der Waals surface area contributed by atoms with E-state index < -0.39 is 0 Å². The van der Waals surface area contributed by atoms with Crippen LogP contribution in [0.4, 0.5) is 0 Å². The van der Waals surface area contributed by atoms with Gasteiger partial charge in [-0.05, 0) is 72.8 Å². The molecule has 3 aromatic heterocycles. The first-order valence-electron chi connectivity index (χ1n) is 18.0. The Labute approximate surface area is 320 Å². The highest BCUT2D eigenvalue weighted by molar-refractivity contribution is 6.10. The Morgan fingerprint density at radius 3 is 1.11 bits per heavy atom. The summed E-state index contributed by atoms with van der Waals surface area (Å²) in [4.78, 5) is 14.7. The monoisotopic (exact) mass is 714 g/mol. The van der Waals surface area contributed by atoms with Crippen LogP contribution in [0.2, 0.25) is 0 Å². The van der Waals surface area contributed by atoms with Gasteiger partial charge < -0.3 is 9.13 Å². The Morgan fingerprint density at radius 1 is 0.357 bits per heavy atom. The molecule has 0 saturated heterocycles. The third kappa shape index (κ3) is 5.09. The number of para-hydroxylation sites is 4. The number of nitriles is 3. The predicted molar refractivity (Wildman–Crippen MR) is 219 cm³/mol. The van der Waals surface area contributed by atoms with Crippen LogP contribution < -0.4 is 0 Å². The lowest BCUT2D eigenvalue weighted by molar-refractivity contribution is 1.07. The highest BCUT2D eigenvalue weighted by Crippen LogP contribution is 2.36. The zero-order valence-electron chi connectivity index (χ0n) is 29.6. The molecular formula is C48H26N8. The molecule has 0 saturated carbocycles. The third-order valence-electron chi connectivity index (χ3n) is 10.3. The molecule has 0 fully saturated rings. The van der Waals surface area contributed by atoms with E-state index in [1.54, 1.807) is 30.3 Å². The zero-order chi connectivity index (χ0) is 37.8. The second-order valence-electron chi connectivity index (χ2n) is 13.4. The van der Waals surface area contributed by atoms with Crippen molar-refractivity contribution in [1.29, 1.82) is 15.8 Å². The van der Waals surface area contributed by atoms with Crippen molar-refractivity contribution < 1.29 is 0 Å². The number of rotatable bonds is 5.